The Hall–Kier alpha value is -2.12. The van der Waals surface area contributed by atoms with Crippen molar-refractivity contribution >= 4 is 77.9 Å². The zero-order valence-corrected chi connectivity index (χ0v) is 19.4. The Morgan fingerprint density at radius 2 is 1.17 bits per heavy atom. The molecule has 154 valence electrons. The SMILES string of the molecule is Cc1ccc2c(Cl)c(C(=O)NCCNC(=O)c3sc4cc(C)ccc4c3Cl)sc2c1. The highest BCUT2D eigenvalue weighted by atomic mass is 35.5. The highest BCUT2D eigenvalue weighted by Crippen LogP contribution is 2.36. The van der Waals surface area contributed by atoms with E-state index in [4.69, 9.17) is 23.2 Å². The summed E-state index contributed by atoms with van der Waals surface area (Å²) in [7, 11) is 0. The summed E-state index contributed by atoms with van der Waals surface area (Å²) in [5.74, 6) is -0.494. The van der Waals surface area contributed by atoms with Gasteiger partial charge in [-0.05, 0) is 37.1 Å². The van der Waals surface area contributed by atoms with Gasteiger partial charge in [-0.25, -0.2) is 0 Å². The van der Waals surface area contributed by atoms with Gasteiger partial charge in [0.15, 0.2) is 0 Å². The number of amides is 2. The topological polar surface area (TPSA) is 58.2 Å². The Bertz CT molecular complexity index is 1190. The molecule has 0 saturated heterocycles. The third-order valence-electron chi connectivity index (χ3n) is 4.68. The fourth-order valence-corrected chi connectivity index (χ4v) is 6.21. The maximum atomic E-state index is 12.5. The third kappa shape index (κ3) is 4.05. The van der Waals surface area contributed by atoms with Crippen molar-refractivity contribution in [2.75, 3.05) is 13.1 Å². The zero-order valence-electron chi connectivity index (χ0n) is 16.3. The average Bonchev–Trinajstić information content (AvgIpc) is 3.21. The number of halogens is 2. The summed E-state index contributed by atoms with van der Waals surface area (Å²) >= 11 is 15.5. The van der Waals surface area contributed by atoms with E-state index in [1.807, 2.05) is 50.2 Å². The number of rotatable bonds is 5. The summed E-state index contributed by atoms with van der Waals surface area (Å²) in [5, 5.41) is 8.30. The zero-order chi connectivity index (χ0) is 21.4. The van der Waals surface area contributed by atoms with E-state index in [0.29, 0.717) is 19.8 Å². The third-order valence-corrected chi connectivity index (χ3v) is 7.99. The van der Waals surface area contributed by atoms with E-state index >= 15 is 0 Å². The van der Waals surface area contributed by atoms with Crippen LogP contribution >= 0.6 is 45.9 Å². The minimum absolute atomic E-state index is 0.247. The van der Waals surface area contributed by atoms with Crippen molar-refractivity contribution in [3.63, 3.8) is 0 Å². The van der Waals surface area contributed by atoms with Gasteiger partial charge < -0.3 is 10.6 Å². The Kier molecular flexibility index (Phi) is 6.02. The normalized spacial score (nSPS) is 11.2. The van der Waals surface area contributed by atoms with E-state index < -0.39 is 0 Å². The molecule has 4 aromatic rings. The molecule has 8 heteroatoms. The second-order valence-electron chi connectivity index (χ2n) is 7.00. The van der Waals surface area contributed by atoms with Crippen LogP contribution in [-0.2, 0) is 0 Å². The van der Waals surface area contributed by atoms with E-state index in [9.17, 15) is 9.59 Å². The molecule has 4 nitrogen and oxygen atoms in total. The van der Waals surface area contributed by atoms with E-state index in [1.165, 1.54) is 22.7 Å². The number of thiophene rings is 2. The van der Waals surface area contributed by atoms with Crippen molar-refractivity contribution < 1.29 is 9.59 Å². The van der Waals surface area contributed by atoms with Crippen LogP contribution in [0.2, 0.25) is 10.0 Å². The molecule has 0 spiro atoms. The fourth-order valence-electron chi connectivity index (χ4n) is 3.15. The molecule has 30 heavy (non-hydrogen) atoms. The number of hydrogen-bond donors (Lipinski definition) is 2. The average molecular weight is 477 g/mol. The summed E-state index contributed by atoms with van der Waals surface area (Å²) in [6.45, 7) is 4.57. The van der Waals surface area contributed by atoms with E-state index in [2.05, 4.69) is 10.6 Å². The Balaban J connectivity index is 1.37. The molecule has 0 fully saturated rings. The molecule has 0 atom stereocenters. The molecular formula is C22H18Cl2N2O2S2. The van der Waals surface area contributed by atoms with Crippen LogP contribution in [0.5, 0.6) is 0 Å². The Morgan fingerprint density at radius 1 is 0.767 bits per heavy atom. The van der Waals surface area contributed by atoms with Crippen LogP contribution in [0.4, 0.5) is 0 Å². The van der Waals surface area contributed by atoms with Crippen molar-refractivity contribution in [3.05, 3.63) is 67.3 Å². The predicted molar refractivity (Wildman–Crippen MR) is 128 cm³/mol. The van der Waals surface area contributed by atoms with Crippen molar-refractivity contribution in [1.82, 2.24) is 10.6 Å². The molecule has 2 aromatic carbocycles. The smallest absolute Gasteiger partial charge is 0.262 e. The summed E-state index contributed by atoms with van der Waals surface area (Å²) in [4.78, 5) is 26.0. The lowest BCUT2D eigenvalue weighted by atomic mass is 10.2. The monoisotopic (exact) mass is 476 g/mol. The van der Waals surface area contributed by atoms with Gasteiger partial charge in [0.1, 0.15) is 9.75 Å². The van der Waals surface area contributed by atoms with Crippen molar-refractivity contribution in [3.8, 4) is 0 Å². The molecule has 0 bridgehead atoms. The first-order valence-electron chi connectivity index (χ1n) is 9.29. The number of nitrogens with one attached hydrogen (secondary N) is 2. The molecule has 2 heterocycles. The van der Waals surface area contributed by atoms with Gasteiger partial charge in [-0.15, -0.1) is 22.7 Å². The molecule has 0 radical (unpaired) electrons. The Morgan fingerprint density at radius 3 is 1.57 bits per heavy atom. The number of fused-ring (bicyclic) bond motifs is 2. The number of aryl methyl sites for hydroxylation is 2. The minimum atomic E-state index is -0.247. The summed E-state index contributed by atoms with van der Waals surface area (Å²) in [6.07, 6.45) is 0. The standard InChI is InChI=1S/C22H18Cl2N2O2S2/c1-11-3-5-13-15(9-11)29-19(17(13)23)21(27)25-7-8-26-22(28)20-18(24)14-6-4-12(2)10-16(14)30-20/h3-6,9-10H,7-8H2,1-2H3,(H,25,27)(H,26,28). The van der Waals surface area contributed by atoms with Crippen LogP contribution < -0.4 is 10.6 Å². The lowest BCUT2D eigenvalue weighted by Crippen LogP contribution is -2.34. The maximum absolute atomic E-state index is 12.5. The molecule has 0 aliphatic rings. The van der Waals surface area contributed by atoms with Gasteiger partial charge in [-0.3, -0.25) is 9.59 Å². The molecular weight excluding hydrogens is 459 g/mol. The molecule has 0 aliphatic heterocycles. The number of benzene rings is 2. The van der Waals surface area contributed by atoms with E-state index in [-0.39, 0.29) is 24.9 Å². The van der Waals surface area contributed by atoms with Crippen LogP contribution in [0.1, 0.15) is 30.5 Å². The summed E-state index contributed by atoms with van der Waals surface area (Å²) in [6, 6.07) is 11.8. The largest absolute Gasteiger partial charge is 0.350 e. The van der Waals surface area contributed by atoms with Gasteiger partial charge in [0, 0.05) is 33.3 Å². The van der Waals surface area contributed by atoms with Gasteiger partial charge in [0.05, 0.1) is 10.0 Å². The molecule has 0 unspecified atom stereocenters. The molecule has 0 saturated carbocycles. The van der Waals surface area contributed by atoms with Crippen molar-refractivity contribution in [2.24, 2.45) is 0 Å². The quantitative estimate of drug-likeness (QED) is 0.336. The van der Waals surface area contributed by atoms with Gasteiger partial charge in [-0.2, -0.15) is 0 Å². The van der Waals surface area contributed by atoms with Gasteiger partial charge in [-0.1, -0.05) is 47.5 Å². The van der Waals surface area contributed by atoms with Gasteiger partial charge >= 0.3 is 0 Å². The van der Waals surface area contributed by atoms with E-state index in [1.54, 1.807) is 0 Å². The van der Waals surface area contributed by atoms with E-state index in [0.717, 1.165) is 31.3 Å². The lowest BCUT2D eigenvalue weighted by molar-refractivity contribution is 0.0932. The summed E-state index contributed by atoms with van der Waals surface area (Å²) in [5.41, 5.74) is 2.23. The first-order valence-corrected chi connectivity index (χ1v) is 11.7. The fraction of sp³-hybridized carbons (Fsp3) is 0.182. The van der Waals surface area contributed by atoms with Gasteiger partial charge in [0.2, 0.25) is 0 Å². The number of hydrogen-bond acceptors (Lipinski definition) is 4. The lowest BCUT2D eigenvalue weighted by Gasteiger charge is -2.06. The second kappa shape index (κ2) is 8.55. The number of carbonyl (C=O) groups excluding carboxylic acids is 2. The molecule has 2 amide bonds. The van der Waals surface area contributed by atoms with Gasteiger partial charge in [0.25, 0.3) is 11.8 Å². The van der Waals surface area contributed by atoms with Crippen molar-refractivity contribution in [1.29, 1.82) is 0 Å². The van der Waals surface area contributed by atoms with Crippen LogP contribution in [0, 0.1) is 13.8 Å². The highest BCUT2D eigenvalue weighted by Gasteiger charge is 2.18. The minimum Gasteiger partial charge on any atom is -0.350 e. The second-order valence-corrected chi connectivity index (χ2v) is 9.86. The maximum Gasteiger partial charge on any atom is 0.262 e. The molecule has 4 rings (SSSR count). The highest BCUT2D eigenvalue weighted by molar-refractivity contribution is 7.22. The van der Waals surface area contributed by atoms with Crippen molar-refractivity contribution in [2.45, 2.75) is 13.8 Å². The first kappa shape index (κ1) is 21.1. The molecule has 0 aliphatic carbocycles. The van der Waals surface area contributed by atoms with Crippen LogP contribution in [-0.4, -0.2) is 24.9 Å². The molecule has 2 aromatic heterocycles. The van der Waals surface area contributed by atoms with Crippen LogP contribution in [0.3, 0.4) is 0 Å². The Labute approximate surface area is 191 Å². The predicted octanol–water partition coefficient (Wildman–Crippen LogP) is 6.20. The van der Waals surface area contributed by atoms with Crippen LogP contribution in [0.15, 0.2) is 36.4 Å². The summed E-state index contributed by atoms with van der Waals surface area (Å²) < 4.78 is 1.96. The number of carbonyl (C=O) groups is 2. The van der Waals surface area contributed by atoms with Crippen LogP contribution in [0.25, 0.3) is 20.2 Å². The first-order chi connectivity index (χ1) is 14.3. The molecule has 2 N–H and O–H groups in total.